The molecular formula is C20H19N3O5. The van der Waals surface area contributed by atoms with Gasteiger partial charge in [-0.15, -0.1) is 0 Å². The first-order valence-corrected chi connectivity index (χ1v) is 9.10. The van der Waals surface area contributed by atoms with E-state index in [4.69, 9.17) is 13.7 Å². The molecule has 1 amide bonds. The number of hydrogen-bond donors (Lipinski definition) is 1. The molecule has 0 saturated heterocycles. The molecule has 1 fully saturated rings. The molecule has 8 heteroatoms. The van der Waals surface area contributed by atoms with E-state index in [0.717, 1.165) is 12.8 Å². The third-order valence-corrected chi connectivity index (χ3v) is 4.27. The van der Waals surface area contributed by atoms with Crippen molar-refractivity contribution in [3.63, 3.8) is 0 Å². The average molecular weight is 381 g/mol. The lowest BCUT2D eigenvalue weighted by Crippen LogP contribution is -2.33. The maximum Gasteiger partial charge on any atom is 0.307 e. The molecule has 0 radical (unpaired) electrons. The minimum absolute atomic E-state index is 0.0137. The van der Waals surface area contributed by atoms with Crippen molar-refractivity contribution in [2.75, 3.05) is 0 Å². The Balaban J connectivity index is 1.36. The minimum Gasteiger partial charge on any atom is -0.461 e. The van der Waals surface area contributed by atoms with E-state index in [1.165, 1.54) is 6.26 Å². The second-order valence-electron chi connectivity index (χ2n) is 6.55. The molecule has 1 aromatic carbocycles. The molecule has 1 unspecified atom stereocenters. The summed E-state index contributed by atoms with van der Waals surface area (Å²) in [7, 11) is 0. The largest absolute Gasteiger partial charge is 0.461 e. The van der Waals surface area contributed by atoms with E-state index in [2.05, 4.69) is 15.5 Å². The van der Waals surface area contributed by atoms with Crippen LogP contribution in [0.4, 0.5) is 0 Å². The summed E-state index contributed by atoms with van der Waals surface area (Å²) in [5.74, 6) is 0.275. The highest BCUT2D eigenvalue weighted by molar-refractivity contribution is 5.85. The highest BCUT2D eigenvalue weighted by atomic mass is 16.5. The SMILES string of the molecule is O=C(CCc1nc(-c2ccco2)no1)OC(C(=O)NC1CC1)c1ccccc1. The summed E-state index contributed by atoms with van der Waals surface area (Å²) in [4.78, 5) is 29.0. The van der Waals surface area contributed by atoms with Crippen LogP contribution in [-0.2, 0) is 20.7 Å². The van der Waals surface area contributed by atoms with Gasteiger partial charge in [0.25, 0.3) is 5.91 Å². The van der Waals surface area contributed by atoms with E-state index in [9.17, 15) is 9.59 Å². The number of carbonyl (C=O) groups is 2. The zero-order chi connectivity index (χ0) is 19.3. The molecule has 1 aliphatic rings. The van der Waals surface area contributed by atoms with Crippen LogP contribution in [0.25, 0.3) is 11.6 Å². The van der Waals surface area contributed by atoms with Crippen LogP contribution in [0.2, 0.25) is 0 Å². The fourth-order valence-electron chi connectivity index (χ4n) is 2.67. The fraction of sp³-hybridized carbons (Fsp3) is 0.300. The average Bonchev–Trinajstić information content (AvgIpc) is 3.18. The first kappa shape index (κ1) is 18.0. The van der Waals surface area contributed by atoms with Gasteiger partial charge in [0.15, 0.2) is 5.76 Å². The van der Waals surface area contributed by atoms with Gasteiger partial charge >= 0.3 is 5.97 Å². The highest BCUT2D eigenvalue weighted by Gasteiger charge is 2.30. The third-order valence-electron chi connectivity index (χ3n) is 4.27. The van der Waals surface area contributed by atoms with Crippen molar-refractivity contribution >= 4 is 11.9 Å². The van der Waals surface area contributed by atoms with Gasteiger partial charge in [0, 0.05) is 18.0 Å². The minimum atomic E-state index is -0.976. The predicted molar refractivity (Wildman–Crippen MR) is 96.8 cm³/mol. The number of aryl methyl sites for hydroxylation is 1. The van der Waals surface area contributed by atoms with Crippen molar-refractivity contribution in [1.29, 1.82) is 0 Å². The Labute approximate surface area is 160 Å². The standard InChI is InChI=1S/C20H19N3O5/c24-17(11-10-16-22-19(23-28-16)15-7-4-12-26-15)27-18(13-5-2-1-3-6-13)20(25)21-14-8-9-14/h1-7,12,14,18H,8-11H2,(H,21,25). The number of ether oxygens (including phenoxy) is 1. The van der Waals surface area contributed by atoms with Gasteiger partial charge in [-0.1, -0.05) is 35.5 Å². The number of esters is 1. The molecule has 1 saturated carbocycles. The molecule has 0 aliphatic heterocycles. The molecule has 2 aromatic heterocycles. The van der Waals surface area contributed by atoms with Gasteiger partial charge in [0.05, 0.1) is 12.7 Å². The lowest BCUT2D eigenvalue weighted by atomic mass is 10.1. The number of carbonyl (C=O) groups excluding carboxylic acids is 2. The topological polar surface area (TPSA) is 107 Å². The second-order valence-corrected chi connectivity index (χ2v) is 6.55. The number of nitrogens with zero attached hydrogens (tertiary/aromatic N) is 2. The number of rotatable bonds is 8. The number of benzene rings is 1. The van der Waals surface area contributed by atoms with Crippen molar-refractivity contribution in [3.05, 3.63) is 60.2 Å². The number of nitrogens with one attached hydrogen (secondary N) is 1. The van der Waals surface area contributed by atoms with E-state index in [-0.39, 0.29) is 24.8 Å². The Bertz CT molecular complexity index is 932. The Hall–Kier alpha value is -3.42. The molecule has 3 aromatic rings. The van der Waals surface area contributed by atoms with Gasteiger partial charge < -0.3 is 19.0 Å². The lowest BCUT2D eigenvalue weighted by Gasteiger charge is -2.17. The van der Waals surface area contributed by atoms with Crippen LogP contribution < -0.4 is 5.32 Å². The number of hydrogen-bond acceptors (Lipinski definition) is 7. The van der Waals surface area contributed by atoms with Gasteiger partial charge in [-0.25, -0.2) is 0 Å². The van der Waals surface area contributed by atoms with Gasteiger partial charge in [-0.2, -0.15) is 4.98 Å². The quantitative estimate of drug-likeness (QED) is 0.598. The van der Waals surface area contributed by atoms with Crippen molar-refractivity contribution in [1.82, 2.24) is 15.5 Å². The van der Waals surface area contributed by atoms with Crippen LogP contribution in [0.1, 0.15) is 36.8 Å². The summed E-state index contributed by atoms with van der Waals surface area (Å²) in [6.07, 6.45) is 2.67. The Morgan fingerprint density at radius 1 is 1.18 bits per heavy atom. The van der Waals surface area contributed by atoms with E-state index >= 15 is 0 Å². The number of aromatic nitrogens is 2. The zero-order valence-electron chi connectivity index (χ0n) is 15.0. The van der Waals surface area contributed by atoms with E-state index < -0.39 is 12.1 Å². The summed E-state index contributed by atoms with van der Waals surface area (Å²) >= 11 is 0. The Morgan fingerprint density at radius 2 is 2.00 bits per heavy atom. The summed E-state index contributed by atoms with van der Waals surface area (Å²) in [6, 6.07) is 12.6. The smallest absolute Gasteiger partial charge is 0.307 e. The lowest BCUT2D eigenvalue weighted by molar-refractivity contribution is -0.156. The van der Waals surface area contributed by atoms with E-state index in [1.807, 2.05) is 6.07 Å². The molecule has 2 heterocycles. The molecule has 144 valence electrons. The van der Waals surface area contributed by atoms with Gasteiger partial charge in [0.1, 0.15) is 0 Å². The maximum atomic E-state index is 12.5. The molecule has 1 aliphatic carbocycles. The highest BCUT2D eigenvalue weighted by Crippen LogP contribution is 2.24. The molecule has 8 nitrogen and oxygen atoms in total. The molecule has 4 rings (SSSR count). The number of furan rings is 1. The van der Waals surface area contributed by atoms with Gasteiger partial charge in [-0.3, -0.25) is 9.59 Å². The third kappa shape index (κ3) is 4.46. The summed E-state index contributed by atoms with van der Waals surface area (Å²) < 4.78 is 15.8. The Morgan fingerprint density at radius 3 is 2.71 bits per heavy atom. The van der Waals surface area contributed by atoms with Crippen LogP contribution >= 0.6 is 0 Å². The van der Waals surface area contributed by atoms with Crippen LogP contribution in [0.3, 0.4) is 0 Å². The van der Waals surface area contributed by atoms with Crippen LogP contribution in [0.5, 0.6) is 0 Å². The summed E-state index contributed by atoms with van der Waals surface area (Å²) in [5.41, 5.74) is 0.631. The number of amides is 1. The van der Waals surface area contributed by atoms with Crippen LogP contribution in [0, 0.1) is 0 Å². The Kier molecular flexibility index (Phi) is 5.18. The normalized spacial score (nSPS) is 14.4. The summed E-state index contributed by atoms with van der Waals surface area (Å²) in [6.45, 7) is 0. The van der Waals surface area contributed by atoms with Crippen molar-refractivity contribution in [2.24, 2.45) is 0 Å². The molecule has 28 heavy (non-hydrogen) atoms. The van der Waals surface area contributed by atoms with E-state index in [1.54, 1.807) is 36.4 Å². The molecular weight excluding hydrogens is 362 g/mol. The molecule has 1 N–H and O–H groups in total. The molecule has 0 spiro atoms. The maximum absolute atomic E-state index is 12.5. The predicted octanol–water partition coefficient (Wildman–Crippen LogP) is 2.83. The monoisotopic (exact) mass is 381 g/mol. The van der Waals surface area contributed by atoms with Gasteiger partial charge in [0.2, 0.25) is 17.8 Å². The van der Waals surface area contributed by atoms with Crippen molar-refractivity contribution < 1.29 is 23.3 Å². The first-order chi connectivity index (χ1) is 13.7. The van der Waals surface area contributed by atoms with Gasteiger partial charge in [-0.05, 0) is 25.0 Å². The van der Waals surface area contributed by atoms with Crippen molar-refractivity contribution in [2.45, 2.75) is 37.8 Å². The zero-order valence-corrected chi connectivity index (χ0v) is 15.0. The first-order valence-electron chi connectivity index (χ1n) is 9.10. The van der Waals surface area contributed by atoms with Crippen LogP contribution in [-0.4, -0.2) is 28.1 Å². The van der Waals surface area contributed by atoms with Crippen molar-refractivity contribution in [3.8, 4) is 11.6 Å². The summed E-state index contributed by atoms with van der Waals surface area (Å²) in [5, 5.41) is 6.70. The molecule has 1 atom stereocenters. The second kappa shape index (κ2) is 8.08. The van der Waals surface area contributed by atoms with Crippen LogP contribution in [0.15, 0.2) is 57.7 Å². The molecule has 0 bridgehead atoms. The van der Waals surface area contributed by atoms with E-state index in [0.29, 0.717) is 23.0 Å². The fourth-order valence-corrected chi connectivity index (χ4v) is 2.67.